The van der Waals surface area contributed by atoms with Crippen LogP contribution in [0.5, 0.6) is 0 Å². The SMILES string of the molecule is CN=C(NCc1cccc(C)n1)N(C)Cc1ccccc1C. The number of aryl methyl sites for hydroxylation is 2. The van der Waals surface area contributed by atoms with E-state index in [4.69, 9.17) is 0 Å². The molecule has 0 saturated heterocycles. The number of hydrogen-bond donors (Lipinski definition) is 1. The molecule has 2 rings (SSSR count). The fourth-order valence-electron chi connectivity index (χ4n) is 2.37. The van der Waals surface area contributed by atoms with Gasteiger partial charge < -0.3 is 10.2 Å². The van der Waals surface area contributed by atoms with Crippen molar-refractivity contribution in [3.63, 3.8) is 0 Å². The van der Waals surface area contributed by atoms with Crippen LogP contribution in [-0.2, 0) is 13.1 Å². The molecule has 2 aromatic rings. The summed E-state index contributed by atoms with van der Waals surface area (Å²) in [6.45, 7) is 5.64. The first-order valence-corrected chi connectivity index (χ1v) is 7.49. The summed E-state index contributed by atoms with van der Waals surface area (Å²) in [5.41, 5.74) is 4.65. The lowest BCUT2D eigenvalue weighted by molar-refractivity contribution is 0.475. The van der Waals surface area contributed by atoms with Gasteiger partial charge in [0.15, 0.2) is 5.96 Å². The van der Waals surface area contributed by atoms with E-state index in [0.29, 0.717) is 6.54 Å². The van der Waals surface area contributed by atoms with Crippen LogP contribution in [0.1, 0.15) is 22.5 Å². The minimum atomic E-state index is 0.673. The molecule has 0 aliphatic heterocycles. The van der Waals surface area contributed by atoms with Gasteiger partial charge in [0.1, 0.15) is 0 Å². The Kier molecular flexibility index (Phi) is 5.53. The maximum Gasteiger partial charge on any atom is 0.194 e. The zero-order valence-corrected chi connectivity index (χ0v) is 13.8. The van der Waals surface area contributed by atoms with Crippen molar-refractivity contribution in [2.45, 2.75) is 26.9 Å². The molecule has 0 saturated carbocycles. The van der Waals surface area contributed by atoms with Gasteiger partial charge in [0.25, 0.3) is 0 Å². The van der Waals surface area contributed by atoms with Crippen molar-refractivity contribution >= 4 is 5.96 Å². The number of nitrogens with one attached hydrogen (secondary N) is 1. The molecule has 0 unspecified atom stereocenters. The number of benzene rings is 1. The Bertz CT molecular complexity index is 649. The summed E-state index contributed by atoms with van der Waals surface area (Å²) in [6, 6.07) is 14.5. The van der Waals surface area contributed by atoms with Crippen LogP contribution in [0.25, 0.3) is 0 Å². The minimum absolute atomic E-state index is 0.673. The molecule has 0 radical (unpaired) electrons. The third-order valence-electron chi connectivity index (χ3n) is 3.62. The molecule has 1 aromatic heterocycles. The summed E-state index contributed by atoms with van der Waals surface area (Å²) in [5, 5.41) is 3.37. The van der Waals surface area contributed by atoms with Crippen molar-refractivity contribution in [1.82, 2.24) is 15.2 Å². The van der Waals surface area contributed by atoms with Crippen LogP contribution in [0.2, 0.25) is 0 Å². The third kappa shape index (κ3) is 4.32. The van der Waals surface area contributed by atoms with Gasteiger partial charge in [-0.1, -0.05) is 30.3 Å². The first kappa shape index (κ1) is 16.0. The second kappa shape index (κ2) is 7.59. The molecule has 1 aromatic carbocycles. The summed E-state index contributed by atoms with van der Waals surface area (Å²) in [4.78, 5) is 11.0. The van der Waals surface area contributed by atoms with E-state index in [0.717, 1.165) is 23.9 Å². The number of aliphatic imine (C=N–C) groups is 1. The molecular formula is C18H24N4. The molecule has 0 aliphatic rings. The van der Waals surface area contributed by atoms with Gasteiger partial charge in [0, 0.05) is 26.3 Å². The van der Waals surface area contributed by atoms with Crippen LogP contribution >= 0.6 is 0 Å². The number of rotatable bonds is 4. The third-order valence-corrected chi connectivity index (χ3v) is 3.62. The Balaban J connectivity index is 1.98. The van der Waals surface area contributed by atoms with Crippen LogP contribution < -0.4 is 5.32 Å². The highest BCUT2D eigenvalue weighted by molar-refractivity contribution is 5.79. The molecule has 4 heteroatoms. The lowest BCUT2D eigenvalue weighted by Crippen LogP contribution is -2.38. The summed E-state index contributed by atoms with van der Waals surface area (Å²) < 4.78 is 0. The molecular weight excluding hydrogens is 272 g/mol. The van der Waals surface area contributed by atoms with Crippen LogP contribution in [-0.4, -0.2) is 29.9 Å². The van der Waals surface area contributed by atoms with Crippen molar-refractivity contribution in [2.24, 2.45) is 4.99 Å². The largest absolute Gasteiger partial charge is 0.351 e. The molecule has 0 spiro atoms. The van der Waals surface area contributed by atoms with Gasteiger partial charge in [-0.05, 0) is 37.1 Å². The number of nitrogens with zero attached hydrogens (tertiary/aromatic N) is 3. The molecule has 22 heavy (non-hydrogen) atoms. The van der Waals surface area contributed by atoms with E-state index in [1.54, 1.807) is 7.05 Å². The van der Waals surface area contributed by atoms with Gasteiger partial charge in [-0.15, -0.1) is 0 Å². The molecule has 0 fully saturated rings. The van der Waals surface area contributed by atoms with E-state index in [2.05, 4.69) is 51.4 Å². The zero-order chi connectivity index (χ0) is 15.9. The van der Waals surface area contributed by atoms with Crippen molar-refractivity contribution in [1.29, 1.82) is 0 Å². The quantitative estimate of drug-likeness (QED) is 0.696. The van der Waals surface area contributed by atoms with Crippen molar-refractivity contribution < 1.29 is 0 Å². The van der Waals surface area contributed by atoms with Crippen LogP contribution in [0.4, 0.5) is 0 Å². The summed E-state index contributed by atoms with van der Waals surface area (Å²) in [5.74, 6) is 0.867. The van der Waals surface area contributed by atoms with Crippen molar-refractivity contribution in [2.75, 3.05) is 14.1 Å². The standard InChI is InChI=1S/C18H24N4/c1-14-8-5-6-10-16(14)13-22(4)18(19-3)20-12-17-11-7-9-15(2)21-17/h5-11H,12-13H2,1-4H3,(H,19,20). The Morgan fingerprint density at radius 2 is 1.91 bits per heavy atom. The molecule has 1 N–H and O–H groups in total. The minimum Gasteiger partial charge on any atom is -0.351 e. The van der Waals surface area contributed by atoms with E-state index >= 15 is 0 Å². The van der Waals surface area contributed by atoms with E-state index in [9.17, 15) is 0 Å². The molecule has 1 heterocycles. The fraction of sp³-hybridized carbons (Fsp3) is 0.333. The monoisotopic (exact) mass is 296 g/mol. The average Bonchev–Trinajstić information content (AvgIpc) is 2.50. The van der Waals surface area contributed by atoms with Crippen LogP contribution in [0.3, 0.4) is 0 Å². The van der Waals surface area contributed by atoms with Gasteiger partial charge in [-0.2, -0.15) is 0 Å². The van der Waals surface area contributed by atoms with E-state index in [1.807, 2.05) is 32.2 Å². The molecule has 0 amide bonds. The fourth-order valence-corrected chi connectivity index (χ4v) is 2.37. The summed E-state index contributed by atoms with van der Waals surface area (Å²) >= 11 is 0. The number of aromatic nitrogens is 1. The van der Waals surface area contributed by atoms with E-state index < -0.39 is 0 Å². The average molecular weight is 296 g/mol. The van der Waals surface area contributed by atoms with Gasteiger partial charge in [-0.25, -0.2) is 0 Å². The van der Waals surface area contributed by atoms with E-state index in [1.165, 1.54) is 11.1 Å². The van der Waals surface area contributed by atoms with Gasteiger partial charge in [-0.3, -0.25) is 9.98 Å². The summed E-state index contributed by atoms with van der Waals surface area (Å²) in [6.07, 6.45) is 0. The van der Waals surface area contributed by atoms with Crippen LogP contribution in [0, 0.1) is 13.8 Å². The molecule has 4 nitrogen and oxygen atoms in total. The Morgan fingerprint density at radius 1 is 1.14 bits per heavy atom. The number of hydrogen-bond acceptors (Lipinski definition) is 2. The van der Waals surface area contributed by atoms with Crippen molar-refractivity contribution in [3.05, 3.63) is 65.0 Å². The second-order valence-corrected chi connectivity index (χ2v) is 5.45. The maximum absolute atomic E-state index is 4.50. The highest BCUT2D eigenvalue weighted by atomic mass is 15.3. The molecule has 0 aliphatic carbocycles. The van der Waals surface area contributed by atoms with Gasteiger partial charge >= 0.3 is 0 Å². The summed E-state index contributed by atoms with van der Waals surface area (Å²) in [7, 11) is 3.85. The molecule has 0 atom stereocenters. The maximum atomic E-state index is 4.50. The van der Waals surface area contributed by atoms with E-state index in [-0.39, 0.29) is 0 Å². The first-order valence-electron chi connectivity index (χ1n) is 7.49. The predicted octanol–water partition coefficient (Wildman–Crippen LogP) is 2.91. The number of pyridine rings is 1. The Hall–Kier alpha value is -2.36. The predicted molar refractivity (Wildman–Crippen MR) is 91.8 cm³/mol. The highest BCUT2D eigenvalue weighted by Crippen LogP contribution is 2.09. The Labute approximate surface area is 132 Å². The number of guanidine groups is 1. The lowest BCUT2D eigenvalue weighted by atomic mass is 10.1. The van der Waals surface area contributed by atoms with Gasteiger partial charge in [0.05, 0.1) is 12.2 Å². The highest BCUT2D eigenvalue weighted by Gasteiger charge is 2.08. The smallest absolute Gasteiger partial charge is 0.194 e. The topological polar surface area (TPSA) is 40.5 Å². The first-order chi connectivity index (χ1) is 10.6. The van der Waals surface area contributed by atoms with Crippen LogP contribution in [0.15, 0.2) is 47.5 Å². The zero-order valence-electron chi connectivity index (χ0n) is 13.8. The normalized spacial score (nSPS) is 11.4. The second-order valence-electron chi connectivity index (χ2n) is 5.45. The lowest BCUT2D eigenvalue weighted by Gasteiger charge is -2.23. The van der Waals surface area contributed by atoms with Crippen molar-refractivity contribution in [3.8, 4) is 0 Å². The van der Waals surface area contributed by atoms with Gasteiger partial charge in [0.2, 0.25) is 0 Å². The molecule has 116 valence electrons. The Morgan fingerprint density at radius 3 is 2.59 bits per heavy atom. The molecule has 0 bridgehead atoms.